The summed E-state index contributed by atoms with van der Waals surface area (Å²) in [6.07, 6.45) is 0. The number of carboxylic acid groups (broad SMARTS) is 2. The minimum atomic E-state index is -3.98. The number of likely N-dealkylation sites (N-methyl/N-ethyl adjacent to an activating group) is 1. The van der Waals surface area contributed by atoms with Gasteiger partial charge in [-0.05, 0) is 66.2 Å². The number of hydrogen-bond acceptors (Lipinski definition) is 15. The van der Waals surface area contributed by atoms with E-state index in [1.54, 1.807) is 23.1 Å². The SMILES string of the molecule is CCN(CC(=O)O)c1ccc2cc(-c3cccs3)c(=O)oc2c1.O=C(O)CNCCS(=O)(=O)O.O=S(=O)=O.O=c1oc2cc(F)ccc2cc1-c1cccs1. The third-order valence-corrected chi connectivity index (χ3v) is 9.40. The maximum absolute atomic E-state index is 13.0. The predicted octanol–water partition coefficient (Wildman–Crippen LogP) is 4.64. The Morgan fingerprint density at radius 3 is 1.76 bits per heavy atom. The molecule has 0 amide bonds. The largest absolute Gasteiger partial charge is 0.480 e. The highest BCUT2D eigenvalue weighted by molar-refractivity contribution is 7.85. The van der Waals surface area contributed by atoms with Crippen molar-refractivity contribution < 1.29 is 58.6 Å². The van der Waals surface area contributed by atoms with E-state index in [1.165, 1.54) is 34.8 Å². The van der Waals surface area contributed by atoms with Crippen molar-refractivity contribution in [3.8, 4) is 20.9 Å². The molecule has 0 atom stereocenters. The van der Waals surface area contributed by atoms with Crippen LogP contribution in [0.2, 0.25) is 0 Å². The third kappa shape index (κ3) is 14.6. The molecule has 0 aliphatic rings. The van der Waals surface area contributed by atoms with Crippen LogP contribution in [0.3, 0.4) is 0 Å². The van der Waals surface area contributed by atoms with Gasteiger partial charge in [0.2, 0.25) is 0 Å². The number of hydrogen-bond donors (Lipinski definition) is 4. The van der Waals surface area contributed by atoms with Crippen LogP contribution in [-0.2, 0) is 30.3 Å². The van der Waals surface area contributed by atoms with Gasteiger partial charge in [0, 0.05) is 51.4 Å². The van der Waals surface area contributed by atoms with E-state index >= 15 is 0 Å². The molecule has 4 N–H and O–H groups in total. The van der Waals surface area contributed by atoms with Gasteiger partial charge in [-0.1, -0.05) is 12.1 Å². The Kier molecular flexibility index (Phi) is 16.5. The minimum absolute atomic E-state index is 0.0644. The Balaban J connectivity index is 0.000000223. The molecule has 0 unspecified atom stereocenters. The van der Waals surface area contributed by atoms with Crippen molar-refractivity contribution in [1.29, 1.82) is 0 Å². The van der Waals surface area contributed by atoms with Gasteiger partial charge in [0.1, 0.15) is 23.5 Å². The van der Waals surface area contributed by atoms with E-state index in [-0.39, 0.29) is 25.2 Å². The van der Waals surface area contributed by atoms with Crippen LogP contribution in [0.1, 0.15) is 6.92 Å². The maximum Gasteiger partial charge on any atom is 0.425 e. The Bertz CT molecular complexity index is 2570. The number of fused-ring (bicyclic) bond motifs is 2. The van der Waals surface area contributed by atoms with Gasteiger partial charge >= 0.3 is 33.8 Å². The number of thiophene rings is 2. The molecule has 292 valence electrons. The van der Waals surface area contributed by atoms with Crippen molar-refractivity contribution in [1.82, 2.24) is 5.32 Å². The average molecular weight is 839 g/mol. The molecule has 2 aromatic carbocycles. The first-order chi connectivity index (χ1) is 26.0. The molecule has 4 aromatic heterocycles. The van der Waals surface area contributed by atoms with Gasteiger partial charge < -0.3 is 29.3 Å². The monoisotopic (exact) mass is 838 g/mol. The van der Waals surface area contributed by atoms with Gasteiger partial charge in [0.05, 0.1) is 23.4 Å². The molecule has 6 aromatic rings. The quantitative estimate of drug-likeness (QED) is 0.0787. The second-order valence-electron chi connectivity index (χ2n) is 10.7. The van der Waals surface area contributed by atoms with Crippen LogP contribution in [0.25, 0.3) is 42.8 Å². The van der Waals surface area contributed by atoms with Crippen molar-refractivity contribution >= 4 is 83.0 Å². The van der Waals surface area contributed by atoms with Gasteiger partial charge in [-0.25, -0.2) is 14.0 Å². The molecule has 0 saturated heterocycles. The summed E-state index contributed by atoms with van der Waals surface area (Å²) in [6, 6.07) is 20.6. The minimum Gasteiger partial charge on any atom is -0.480 e. The molecule has 0 aliphatic carbocycles. The Morgan fingerprint density at radius 1 is 0.818 bits per heavy atom. The number of benzene rings is 2. The van der Waals surface area contributed by atoms with Crippen LogP contribution in [0.15, 0.2) is 102 Å². The maximum atomic E-state index is 13.0. The normalized spacial score (nSPS) is 10.6. The first kappa shape index (κ1) is 43.8. The van der Waals surface area contributed by atoms with Crippen molar-refractivity contribution in [3.63, 3.8) is 0 Å². The lowest BCUT2D eigenvalue weighted by Gasteiger charge is -2.20. The van der Waals surface area contributed by atoms with E-state index in [9.17, 15) is 32.0 Å². The molecule has 6 rings (SSSR count). The Morgan fingerprint density at radius 2 is 1.33 bits per heavy atom. The number of aliphatic carboxylic acids is 2. The highest BCUT2D eigenvalue weighted by Crippen LogP contribution is 2.28. The Labute approximate surface area is 320 Å². The van der Waals surface area contributed by atoms with Crippen molar-refractivity contribution in [2.45, 2.75) is 6.92 Å². The predicted molar refractivity (Wildman–Crippen MR) is 204 cm³/mol. The summed E-state index contributed by atoms with van der Waals surface area (Å²) in [5, 5.41) is 24.7. The number of nitrogens with zero attached hydrogens (tertiary/aromatic N) is 1. The van der Waals surface area contributed by atoms with E-state index in [2.05, 4.69) is 5.32 Å². The van der Waals surface area contributed by atoms with Gasteiger partial charge in [0.15, 0.2) is 0 Å². The van der Waals surface area contributed by atoms with Crippen LogP contribution in [0.5, 0.6) is 0 Å². The molecule has 0 radical (unpaired) electrons. The molecule has 55 heavy (non-hydrogen) atoms. The van der Waals surface area contributed by atoms with Crippen LogP contribution in [-0.4, -0.2) is 79.7 Å². The molecule has 4 heterocycles. The first-order valence-electron chi connectivity index (χ1n) is 15.5. The summed E-state index contributed by atoms with van der Waals surface area (Å²) >= 11 is 2.95. The van der Waals surface area contributed by atoms with Crippen molar-refractivity contribution in [2.75, 3.05) is 36.8 Å². The lowest BCUT2D eigenvalue weighted by Crippen LogP contribution is -2.29. The first-order valence-corrected chi connectivity index (χ1v) is 19.8. The van der Waals surface area contributed by atoms with Gasteiger partial charge in [-0.3, -0.25) is 14.1 Å². The van der Waals surface area contributed by atoms with Crippen molar-refractivity contribution in [3.05, 3.63) is 110 Å². The fourth-order valence-corrected chi connectivity index (χ4v) is 6.40. The lowest BCUT2D eigenvalue weighted by atomic mass is 10.1. The second-order valence-corrected chi connectivity index (χ2v) is 14.6. The van der Waals surface area contributed by atoms with Crippen LogP contribution in [0.4, 0.5) is 10.1 Å². The van der Waals surface area contributed by atoms with E-state index in [0.717, 1.165) is 26.2 Å². The van der Waals surface area contributed by atoms with E-state index in [1.807, 2.05) is 60.1 Å². The molecule has 21 heteroatoms. The zero-order valence-corrected chi connectivity index (χ0v) is 31.7. The molecule has 0 aliphatic heterocycles. The van der Waals surface area contributed by atoms with Crippen molar-refractivity contribution in [2.24, 2.45) is 0 Å². The fourth-order valence-electron chi connectivity index (χ4n) is 4.53. The molecule has 0 spiro atoms. The van der Waals surface area contributed by atoms with Gasteiger partial charge in [-0.15, -0.1) is 35.3 Å². The molecular formula is C34H31FN2O14S4. The van der Waals surface area contributed by atoms with E-state index in [0.29, 0.717) is 23.3 Å². The third-order valence-electron chi connectivity index (χ3n) is 6.88. The van der Waals surface area contributed by atoms with Gasteiger partial charge in [0.25, 0.3) is 10.1 Å². The molecule has 0 bridgehead atoms. The standard InChI is InChI=1S/C17H15NO4S.C13H7FO2S.C4H9NO5S.O3S/c1-2-18(10-16(19)20)12-6-5-11-8-13(15-4-3-7-23-15)17(21)22-14(11)9-12;14-9-4-3-8-6-10(12-2-1-5-17-12)13(15)16-11(8)7-9;6-4(7)3-5-1-2-11(8,9)10;1-4(2)3/h3-9H,2,10H2,1H3,(H,19,20);1-7H;5H,1-3H2,(H,6,7)(H,8,9,10);. The second kappa shape index (κ2) is 20.8. The van der Waals surface area contributed by atoms with Gasteiger partial charge in [-0.2, -0.15) is 8.42 Å². The highest BCUT2D eigenvalue weighted by atomic mass is 32.2. The number of rotatable bonds is 11. The average Bonchev–Trinajstić information content (AvgIpc) is 3.84. The topological polar surface area (TPSA) is 256 Å². The fraction of sp³-hybridized carbons (Fsp3) is 0.176. The smallest absolute Gasteiger partial charge is 0.425 e. The molecule has 0 fully saturated rings. The number of halogens is 1. The van der Waals surface area contributed by atoms with Crippen LogP contribution >= 0.6 is 22.7 Å². The molecule has 16 nitrogen and oxygen atoms in total. The summed E-state index contributed by atoms with van der Waals surface area (Å²) in [4.78, 5) is 48.1. The number of anilines is 1. The van der Waals surface area contributed by atoms with Crippen LogP contribution < -0.4 is 21.5 Å². The summed E-state index contributed by atoms with van der Waals surface area (Å²) in [7, 11) is -7.09. The summed E-state index contributed by atoms with van der Waals surface area (Å²) in [5.74, 6) is -2.85. The summed E-state index contributed by atoms with van der Waals surface area (Å²) < 4.78 is 77.1. The zero-order valence-electron chi connectivity index (χ0n) is 28.4. The zero-order chi connectivity index (χ0) is 40.7. The number of nitrogens with one attached hydrogen (secondary N) is 1. The van der Waals surface area contributed by atoms with E-state index < -0.39 is 55.5 Å². The summed E-state index contributed by atoms with van der Waals surface area (Å²) in [5.41, 5.74) is 1.67. The lowest BCUT2D eigenvalue weighted by molar-refractivity contribution is -0.136. The Hall–Kier alpha value is -5.58. The highest BCUT2D eigenvalue weighted by Gasteiger charge is 2.13. The summed E-state index contributed by atoms with van der Waals surface area (Å²) in [6.45, 7) is 1.96. The number of carboxylic acids is 2. The van der Waals surface area contributed by atoms with E-state index in [4.69, 9.17) is 36.2 Å². The molecular weight excluding hydrogens is 808 g/mol. The number of carbonyl (C=O) groups is 2. The van der Waals surface area contributed by atoms with Crippen LogP contribution in [0, 0.1) is 5.82 Å². The molecule has 0 saturated carbocycles.